The fourth-order valence-electron chi connectivity index (χ4n) is 3.18. The zero-order valence-electron chi connectivity index (χ0n) is 17.1. The number of fused-ring (bicyclic) bond motifs is 1. The van der Waals surface area contributed by atoms with Crippen molar-refractivity contribution >= 4 is 5.96 Å². The van der Waals surface area contributed by atoms with E-state index in [0.29, 0.717) is 18.0 Å². The largest absolute Gasteiger partial charge is 0.356 e. The number of nitrogens with one attached hydrogen (secondary N) is 2. The minimum Gasteiger partial charge on any atom is -0.356 e. The Kier molecular flexibility index (Phi) is 7.29. The zero-order chi connectivity index (χ0) is 19.2. The van der Waals surface area contributed by atoms with Crippen molar-refractivity contribution in [1.82, 2.24) is 25.0 Å². The molecule has 0 radical (unpaired) electrons. The average molecular weight is 365 g/mol. The zero-order valence-corrected chi connectivity index (χ0v) is 17.1. The first kappa shape index (κ1) is 20.5. The van der Waals surface area contributed by atoms with Gasteiger partial charge in [0, 0.05) is 39.1 Å². The Morgan fingerprint density at radius 3 is 2.77 bits per heavy atom. The van der Waals surface area contributed by atoms with Crippen LogP contribution in [0.4, 0.5) is 0 Å². The molecule has 0 saturated heterocycles. The van der Waals surface area contributed by atoms with Gasteiger partial charge in [-0.25, -0.2) is 9.48 Å². The third-order valence-electron chi connectivity index (χ3n) is 4.80. The van der Waals surface area contributed by atoms with Gasteiger partial charge in [0.1, 0.15) is 5.82 Å². The lowest BCUT2D eigenvalue weighted by atomic mass is 9.89. The summed E-state index contributed by atoms with van der Waals surface area (Å²) in [6, 6.07) is 0.378. The third-order valence-corrected chi connectivity index (χ3v) is 4.80. The molecular weight excluding hydrogens is 328 g/mol. The Hall–Kier alpha value is -1.79. The van der Waals surface area contributed by atoms with Gasteiger partial charge in [0.2, 0.25) is 0 Å². The van der Waals surface area contributed by atoms with Crippen molar-refractivity contribution < 1.29 is 0 Å². The Labute approximate surface area is 157 Å². The molecule has 148 valence electrons. The van der Waals surface area contributed by atoms with Crippen LogP contribution >= 0.6 is 0 Å². The fraction of sp³-hybridized carbons (Fsp3) is 0.842. The molecule has 7 heteroatoms. The summed E-state index contributed by atoms with van der Waals surface area (Å²) in [7, 11) is 1.79. The number of hydrogen-bond acceptors (Lipinski definition) is 3. The molecule has 2 rings (SSSR count). The van der Waals surface area contributed by atoms with E-state index in [1.54, 1.807) is 11.7 Å². The summed E-state index contributed by atoms with van der Waals surface area (Å²) in [6.07, 6.45) is 6.26. The van der Waals surface area contributed by atoms with Gasteiger partial charge in [0.05, 0.1) is 0 Å². The maximum Gasteiger partial charge on any atom is 0.345 e. The highest BCUT2D eigenvalue weighted by Gasteiger charge is 2.16. The lowest BCUT2D eigenvalue weighted by Crippen LogP contribution is -2.43. The second kappa shape index (κ2) is 9.24. The van der Waals surface area contributed by atoms with E-state index in [1.807, 2.05) is 4.57 Å². The number of guanidine groups is 1. The molecule has 0 spiro atoms. The first-order chi connectivity index (χ1) is 12.3. The van der Waals surface area contributed by atoms with Crippen LogP contribution in [0, 0.1) is 5.41 Å². The van der Waals surface area contributed by atoms with Crippen molar-refractivity contribution in [3.8, 4) is 0 Å². The summed E-state index contributed by atoms with van der Waals surface area (Å²) in [5.74, 6) is 1.77. The summed E-state index contributed by atoms with van der Waals surface area (Å²) in [4.78, 5) is 16.6. The monoisotopic (exact) mass is 364 g/mol. The maximum atomic E-state index is 12.3. The van der Waals surface area contributed by atoms with Crippen LogP contribution in [0.2, 0.25) is 0 Å². The van der Waals surface area contributed by atoms with Crippen LogP contribution in [0.25, 0.3) is 0 Å². The highest BCUT2D eigenvalue weighted by atomic mass is 16.2. The second-order valence-electron chi connectivity index (χ2n) is 8.53. The van der Waals surface area contributed by atoms with Crippen LogP contribution in [-0.2, 0) is 19.5 Å². The third kappa shape index (κ3) is 6.18. The topological polar surface area (TPSA) is 76.2 Å². The Balaban J connectivity index is 1.73. The molecule has 0 amide bonds. The van der Waals surface area contributed by atoms with Gasteiger partial charge in [0.15, 0.2) is 5.96 Å². The standard InChI is InChI=1S/C19H36N6O/c1-15(10-11-19(2,3)4)22-17(20-5)21-12-8-14-25-18(26)24-13-7-6-9-16(24)23-25/h15H,6-14H2,1-5H3,(H2,20,21,22). The number of aryl methyl sites for hydroxylation is 2. The molecule has 0 aliphatic carbocycles. The van der Waals surface area contributed by atoms with Crippen LogP contribution in [0.15, 0.2) is 9.79 Å². The van der Waals surface area contributed by atoms with E-state index in [4.69, 9.17) is 0 Å². The van der Waals surface area contributed by atoms with Crippen LogP contribution in [-0.4, -0.2) is 39.9 Å². The lowest BCUT2D eigenvalue weighted by molar-refractivity contribution is 0.346. The van der Waals surface area contributed by atoms with E-state index < -0.39 is 0 Å². The van der Waals surface area contributed by atoms with E-state index >= 15 is 0 Å². The fourth-order valence-corrected chi connectivity index (χ4v) is 3.18. The minimum atomic E-state index is 0.0398. The molecule has 1 aliphatic rings. The van der Waals surface area contributed by atoms with Gasteiger partial charge >= 0.3 is 5.69 Å². The molecule has 0 aromatic carbocycles. The number of aromatic nitrogens is 3. The van der Waals surface area contributed by atoms with E-state index in [2.05, 4.69) is 48.4 Å². The molecule has 2 N–H and O–H groups in total. The predicted octanol–water partition coefficient (Wildman–Crippen LogP) is 2.15. The van der Waals surface area contributed by atoms with E-state index in [1.165, 1.54) is 6.42 Å². The summed E-state index contributed by atoms with van der Waals surface area (Å²) in [5.41, 5.74) is 0.391. The van der Waals surface area contributed by atoms with Gasteiger partial charge in [-0.1, -0.05) is 20.8 Å². The SMILES string of the molecule is CN=C(NCCCn1nc2n(c1=O)CCCC2)NC(C)CCC(C)(C)C. The number of hydrogen-bond donors (Lipinski definition) is 2. The highest BCUT2D eigenvalue weighted by molar-refractivity contribution is 5.79. The van der Waals surface area contributed by atoms with Gasteiger partial charge in [-0.2, -0.15) is 5.10 Å². The molecule has 0 fully saturated rings. The van der Waals surface area contributed by atoms with E-state index in [9.17, 15) is 4.79 Å². The van der Waals surface area contributed by atoms with Crippen LogP contribution < -0.4 is 16.3 Å². The van der Waals surface area contributed by atoms with Crippen molar-refractivity contribution in [3.05, 3.63) is 16.3 Å². The maximum absolute atomic E-state index is 12.3. The lowest BCUT2D eigenvalue weighted by Gasteiger charge is -2.23. The van der Waals surface area contributed by atoms with E-state index in [-0.39, 0.29) is 5.69 Å². The molecule has 0 saturated carbocycles. The molecule has 0 bridgehead atoms. The molecule has 1 aromatic rings. The van der Waals surface area contributed by atoms with Crippen LogP contribution in [0.1, 0.15) is 65.6 Å². The summed E-state index contributed by atoms with van der Waals surface area (Å²) >= 11 is 0. The second-order valence-corrected chi connectivity index (χ2v) is 8.53. The molecule has 26 heavy (non-hydrogen) atoms. The molecule has 1 aliphatic heterocycles. The molecular formula is C19H36N6O. The summed E-state index contributed by atoms with van der Waals surface area (Å²) in [6.45, 7) is 11.2. The molecule has 2 heterocycles. The number of nitrogens with zero attached hydrogens (tertiary/aromatic N) is 4. The molecule has 7 nitrogen and oxygen atoms in total. The van der Waals surface area contributed by atoms with Crippen molar-refractivity contribution in [2.75, 3.05) is 13.6 Å². The minimum absolute atomic E-state index is 0.0398. The normalized spacial score (nSPS) is 16.3. The van der Waals surface area contributed by atoms with Gasteiger partial charge in [-0.15, -0.1) is 0 Å². The summed E-state index contributed by atoms with van der Waals surface area (Å²) < 4.78 is 3.44. The van der Waals surface area contributed by atoms with Crippen molar-refractivity contribution in [3.63, 3.8) is 0 Å². The highest BCUT2D eigenvalue weighted by Crippen LogP contribution is 2.21. The number of aliphatic imine (C=N–C) groups is 1. The Morgan fingerprint density at radius 1 is 1.35 bits per heavy atom. The van der Waals surface area contributed by atoms with Gasteiger partial charge < -0.3 is 10.6 Å². The van der Waals surface area contributed by atoms with Gasteiger partial charge in [-0.3, -0.25) is 9.56 Å². The Bertz CT molecular complexity index is 652. The summed E-state index contributed by atoms with van der Waals surface area (Å²) in [5, 5.41) is 11.3. The average Bonchev–Trinajstić information content (AvgIpc) is 2.91. The Morgan fingerprint density at radius 2 is 2.12 bits per heavy atom. The first-order valence-corrected chi connectivity index (χ1v) is 9.94. The smallest absolute Gasteiger partial charge is 0.345 e. The van der Waals surface area contributed by atoms with Crippen LogP contribution in [0.5, 0.6) is 0 Å². The van der Waals surface area contributed by atoms with E-state index in [0.717, 1.165) is 57.0 Å². The van der Waals surface area contributed by atoms with Crippen molar-refractivity contribution in [2.45, 2.75) is 85.4 Å². The van der Waals surface area contributed by atoms with Crippen molar-refractivity contribution in [1.29, 1.82) is 0 Å². The quantitative estimate of drug-likeness (QED) is 0.442. The predicted molar refractivity (Wildman–Crippen MR) is 107 cm³/mol. The van der Waals surface area contributed by atoms with Crippen LogP contribution in [0.3, 0.4) is 0 Å². The molecule has 1 atom stereocenters. The first-order valence-electron chi connectivity index (χ1n) is 9.94. The molecule has 1 unspecified atom stereocenters. The van der Waals surface area contributed by atoms with Gasteiger partial charge in [0.25, 0.3) is 0 Å². The van der Waals surface area contributed by atoms with Gasteiger partial charge in [-0.05, 0) is 44.4 Å². The molecule has 1 aromatic heterocycles. The van der Waals surface area contributed by atoms with Crippen molar-refractivity contribution in [2.24, 2.45) is 10.4 Å². The number of rotatable bonds is 7.